The second kappa shape index (κ2) is 8.84. The molecule has 3 aromatic rings. The molecule has 2 aromatic heterocycles. The van der Waals surface area contributed by atoms with E-state index in [-0.39, 0.29) is 16.8 Å². The number of anilines is 2. The van der Waals surface area contributed by atoms with E-state index in [4.69, 9.17) is 39.7 Å². The monoisotopic (exact) mass is 501 g/mol. The third-order valence-electron chi connectivity index (χ3n) is 5.08. The van der Waals surface area contributed by atoms with Crippen molar-refractivity contribution < 1.29 is 14.3 Å². The molecule has 0 spiro atoms. The molecule has 1 aliphatic heterocycles. The summed E-state index contributed by atoms with van der Waals surface area (Å²) in [5.74, 6) is -0.905. The smallest absolute Gasteiger partial charge is 0.337 e. The van der Waals surface area contributed by atoms with E-state index in [0.717, 1.165) is 23.4 Å². The minimum absolute atomic E-state index is 0.124. The normalized spacial score (nSPS) is 16.2. The highest BCUT2D eigenvalue weighted by atomic mass is 35.5. The lowest BCUT2D eigenvalue weighted by Crippen LogP contribution is -2.27. The van der Waals surface area contributed by atoms with Gasteiger partial charge < -0.3 is 14.6 Å². The number of aromatic amines is 1. The van der Waals surface area contributed by atoms with Gasteiger partial charge >= 0.3 is 5.97 Å². The molecule has 164 valence electrons. The van der Waals surface area contributed by atoms with Gasteiger partial charge in [-0.25, -0.2) is 14.6 Å². The Balaban J connectivity index is 1.71. The number of aromatic nitrogens is 2. The molecule has 1 fully saturated rings. The van der Waals surface area contributed by atoms with Crippen LogP contribution in [-0.4, -0.2) is 48.1 Å². The maximum atomic E-state index is 12.7. The molecule has 1 saturated heterocycles. The predicted octanol–water partition coefficient (Wildman–Crippen LogP) is 4.60. The minimum Gasteiger partial charge on any atom is -0.465 e. The van der Waals surface area contributed by atoms with Crippen LogP contribution in [0.15, 0.2) is 12.1 Å². The molecule has 1 aliphatic rings. The molecule has 0 unspecified atom stereocenters. The van der Waals surface area contributed by atoms with E-state index in [2.05, 4.69) is 25.0 Å². The van der Waals surface area contributed by atoms with Crippen molar-refractivity contribution in [3.05, 3.63) is 39.1 Å². The van der Waals surface area contributed by atoms with Gasteiger partial charge in [-0.1, -0.05) is 34.5 Å². The summed E-state index contributed by atoms with van der Waals surface area (Å²) in [6.45, 7) is 3.14. The zero-order valence-corrected chi connectivity index (χ0v) is 19.6. The number of H-pyrrole nitrogens is 1. The largest absolute Gasteiger partial charge is 0.465 e. The van der Waals surface area contributed by atoms with Crippen molar-refractivity contribution >= 4 is 79.2 Å². The fraction of sp³-hybridized carbons (Fsp3) is 0.316. The van der Waals surface area contributed by atoms with Gasteiger partial charge in [0.2, 0.25) is 0 Å². The second-order valence-corrected chi connectivity index (χ2v) is 9.11. The number of esters is 1. The van der Waals surface area contributed by atoms with Crippen LogP contribution in [0.25, 0.3) is 10.2 Å². The number of benzene rings is 1. The Kier molecular flexibility index (Phi) is 6.32. The fourth-order valence-corrected chi connectivity index (χ4v) is 5.01. The van der Waals surface area contributed by atoms with Gasteiger partial charge in [-0.05, 0) is 37.3 Å². The van der Waals surface area contributed by atoms with E-state index in [9.17, 15) is 9.59 Å². The number of carbonyl (C=O) groups excluding carboxylic acids is 2. The van der Waals surface area contributed by atoms with Crippen LogP contribution in [0.5, 0.6) is 0 Å². The van der Waals surface area contributed by atoms with Crippen molar-refractivity contribution in [2.45, 2.75) is 19.4 Å². The summed E-state index contributed by atoms with van der Waals surface area (Å²) >= 11 is 19.3. The van der Waals surface area contributed by atoms with E-state index in [0.29, 0.717) is 33.5 Å². The Labute approximate surface area is 196 Å². The molecule has 3 heterocycles. The number of hydrogen-bond donors (Lipinski definition) is 3. The lowest BCUT2D eigenvalue weighted by Gasteiger charge is -2.19. The molecular formula is C19H18Cl3N5O3S. The summed E-state index contributed by atoms with van der Waals surface area (Å²) in [4.78, 5) is 37.2. The Morgan fingerprint density at radius 2 is 2.10 bits per heavy atom. The number of fused-ring (bicyclic) bond motifs is 1. The molecule has 1 atom stereocenters. The third-order valence-corrected chi connectivity index (χ3v) is 7.25. The van der Waals surface area contributed by atoms with Crippen molar-refractivity contribution in [3.63, 3.8) is 0 Å². The van der Waals surface area contributed by atoms with Crippen LogP contribution >= 0.6 is 46.3 Å². The molecule has 0 bridgehead atoms. The summed E-state index contributed by atoms with van der Waals surface area (Å²) in [7, 11) is 1.33. The zero-order valence-electron chi connectivity index (χ0n) is 16.5. The summed E-state index contributed by atoms with van der Waals surface area (Å²) < 4.78 is 5.63. The lowest BCUT2D eigenvalue weighted by molar-refractivity contribution is 0.0601. The zero-order chi connectivity index (χ0) is 22.3. The van der Waals surface area contributed by atoms with Crippen LogP contribution in [0.4, 0.5) is 10.8 Å². The van der Waals surface area contributed by atoms with Gasteiger partial charge in [0.15, 0.2) is 5.13 Å². The first kappa shape index (κ1) is 22.2. The maximum absolute atomic E-state index is 12.7. The standard InChI is InChI=1S/C19H18Cl3N5O3S/c1-8-13(20)14(21)16(23-8)17(28)25-19-24-15-11(27-4-3-10(7-27)26-22)5-9(18(29)30-2)6-12(15)31-19/h5-6,10,23,26H,3-4,7H2,1-2H3,(H,24,25,28)/t10-/m0/s1. The number of methoxy groups -OCH3 is 1. The van der Waals surface area contributed by atoms with E-state index in [1.165, 1.54) is 18.4 Å². The Hall–Kier alpha value is -2.04. The maximum Gasteiger partial charge on any atom is 0.337 e. The number of carbonyl (C=O) groups is 2. The highest BCUT2D eigenvalue weighted by Gasteiger charge is 2.26. The molecule has 4 rings (SSSR count). The number of amides is 1. The van der Waals surface area contributed by atoms with Crippen molar-refractivity contribution in [2.75, 3.05) is 30.4 Å². The number of aryl methyl sites for hydroxylation is 1. The van der Waals surface area contributed by atoms with Gasteiger partial charge in [0.25, 0.3) is 5.91 Å². The van der Waals surface area contributed by atoms with Crippen molar-refractivity contribution in [1.29, 1.82) is 0 Å². The highest BCUT2D eigenvalue weighted by Crippen LogP contribution is 2.37. The van der Waals surface area contributed by atoms with Crippen LogP contribution in [-0.2, 0) is 4.74 Å². The second-order valence-electron chi connectivity index (χ2n) is 7.10. The van der Waals surface area contributed by atoms with Crippen LogP contribution in [0, 0.1) is 6.92 Å². The van der Waals surface area contributed by atoms with E-state index >= 15 is 0 Å². The molecule has 8 nitrogen and oxygen atoms in total. The molecular weight excluding hydrogens is 485 g/mol. The summed E-state index contributed by atoms with van der Waals surface area (Å²) in [5, 5.41) is 3.58. The van der Waals surface area contributed by atoms with Gasteiger partial charge in [-0.15, -0.1) is 0 Å². The van der Waals surface area contributed by atoms with Crippen LogP contribution < -0.4 is 15.1 Å². The molecule has 31 heavy (non-hydrogen) atoms. The van der Waals surface area contributed by atoms with Crippen LogP contribution in [0.1, 0.15) is 33.0 Å². The molecule has 0 aliphatic carbocycles. The van der Waals surface area contributed by atoms with Gasteiger partial charge in [0, 0.05) is 24.8 Å². The van der Waals surface area contributed by atoms with E-state index in [1.807, 2.05) is 0 Å². The summed E-state index contributed by atoms with van der Waals surface area (Å²) in [5.41, 5.74) is 2.62. The van der Waals surface area contributed by atoms with Crippen LogP contribution in [0.2, 0.25) is 10.0 Å². The highest BCUT2D eigenvalue weighted by molar-refractivity contribution is 7.22. The Bertz CT molecular complexity index is 1180. The topological polar surface area (TPSA) is 99.3 Å². The summed E-state index contributed by atoms with van der Waals surface area (Å²) in [6.07, 6.45) is 0.854. The average Bonchev–Trinajstić information content (AvgIpc) is 3.46. The van der Waals surface area contributed by atoms with Crippen molar-refractivity contribution in [2.24, 2.45) is 0 Å². The molecule has 12 heteroatoms. The first-order valence-corrected chi connectivity index (χ1v) is 11.3. The van der Waals surface area contributed by atoms with Crippen LogP contribution in [0.3, 0.4) is 0 Å². The van der Waals surface area contributed by atoms with Crippen molar-refractivity contribution in [3.8, 4) is 0 Å². The van der Waals surface area contributed by atoms with Crippen molar-refractivity contribution in [1.82, 2.24) is 14.8 Å². The van der Waals surface area contributed by atoms with Gasteiger partial charge in [0.1, 0.15) is 11.2 Å². The quantitative estimate of drug-likeness (QED) is 0.348. The molecule has 3 N–H and O–H groups in total. The predicted molar refractivity (Wildman–Crippen MR) is 124 cm³/mol. The number of rotatable bonds is 5. The lowest BCUT2D eigenvalue weighted by atomic mass is 10.1. The van der Waals surface area contributed by atoms with Gasteiger partial charge in [-0.2, -0.15) is 0 Å². The number of ether oxygens (including phenoxy) is 1. The SMILES string of the molecule is COC(=O)c1cc(N2CC[C@H](NCl)C2)c2nc(NC(=O)c3[nH]c(C)c(Cl)c3Cl)sc2c1. The average molecular weight is 503 g/mol. The number of thiazole rings is 1. The van der Waals surface area contributed by atoms with Gasteiger partial charge in [-0.3, -0.25) is 10.1 Å². The summed E-state index contributed by atoms with van der Waals surface area (Å²) in [6, 6.07) is 3.58. The Morgan fingerprint density at radius 3 is 2.71 bits per heavy atom. The van der Waals surface area contributed by atoms with E-state index in [1.54, 1.807) is 19.1 Å². The third kappa shape index (κ3) is 4.20. The Morgan fingerprint density at radius 1 is 1.32 bits per heavy atom. The molecule has 0 saturated carbocycles. The first-order valence-electron chi connectivity index (χ1n) is 9.31. The minimum atomic E-state index is -0.457. The van der Waals surface area contributed by atoms with Gasteiger partial charge in [0.05, 0.1) is 33.1 Å². The number of halogens is 3. The molecule has 0 radical (unpaired) electrons. The molecule has 1 amide bonds. The number of nitrogens with zero attached hydrogens (tertiary/aromatic N) is 2. The molecule has 1 aromatic carbocycles. The number of nitrogens with one attached hydrogen (secondary N) is 3. The number of hydrogen-bond acceptors (Lipinski definition) is 7. The fourth-order valence-electron chi connectivity index (χ4n) is 3.50. The first-order chi connectivity index (χ1) is 14.8. The van der Waals surface area contributed by atoms with E-state index < -0.39 is 11.9 Å².